The Balaban J connectivity index is 1.40. The lowest BCUT2D eigenvalue weighted by Crippen LogP contribution is -2.61. The molecule has 0 aliphatic carbocycles. The second-order valence-corrected chi connectivity index (χ2v) is 22.6. The Bertz CT molecular complexity index is 1770. The van der Waals surface area contributed by atoms with Crippen LogP contribution < -0.4 is 0 Å². The van der Waals surface area contributed by atoms with Crippen molar-refractivity contribution in [1.82, 2.24) is 4.90 Å². The maximum absolute atomic E-state index is 14.6. The van der Waals surface area contributed by atoms with E-state index in [-0.39, 0.29) is 43.7 Å². The van der Waals surface area contributed by atoms with Gasteiger partial charge in [-0.1, -0.05) is 32.9 Å². The van der Waals surface area contributed by atoms with E-state index in [2.05, 4.69) is 5.16 Å². The quantitative estimate of drug-likeness (QED) is 0.156. The van der Waals surface area contributed by atoms with Gasteiger partial charge in [0, 0.05) is 37.3 Å². The molecule has 0 saturated carbocycles. The highest BCUT2D eigenvalue weighted by atomic mass is 16.9. The van der Waals surface area contributed by atoms with Gasteiger partial charge < -0.3 is 87.4 Å². The maximum Gasteiger partial charge on any atom is 0.311 e. The number of esters is 1. The molecule has 6 saturated heterocycles. The van der Waals surface area contributed by atoms with Gasteiger partial charge in [0.05, 0.1) is 53.4 Å². The molecule has 20 heteroatoms. The highest BCUT2D eigenvalue weighted by molar-refractivity contribution is 5.88. The van der Waals surface area contributed by atoms with E-state index in [0.717, 1.165) is 0 Å². The molecule has 69 heavy (non-hydrogen) atoms. The molecule has 6 rings (SSSR count). The third-order valence-corrected chi connectivity index (χ3v) is 15.5. The lowest BCUT2D eigenvalue weighted by molar-refractivity contribution is -0.317. The standard InChI is InChI=1S/C49H86N2O18/c1-18-31-49(14,57)39(53)25(4)33(50-59-22-30-36-37(67-45(8,9)66-36)38-44(62-30)69-46(10,11)68-38)23(2)20-47(12,56)41(65-43-34(52)29(51(15)16)19-24(3)60-43)26(5)35(27(6)42(55)63-31)64-32-21-48(13,58-17)40(54)28(7)61-32/h23-32,34-41,43-44,52-54,56-57H,18-22H2,1-17H3/b50-33+/t23-,24-,25+,26+,27-,28+,29+,30-,31+,32+,34-,35+,36+,37+,38-,39-,40+,41-,43+,44-,47+,48-,49-/m1/s1. The molecule has 6 fully saturated rings. The van der Waals surface area contributed by atoms with Gasteiger partial charge in [-0.3, -0.25) is 4.79 Å². The predicted molar refractivity (Wildman–Crippen MR) is 247 cm³/mol. The summed E-state index contributed by atoms with van der Waals surface area (Å²) in [5, 5.41) is 65.1. The number of cyclic esters (lactones) is 1. The van der Waals surface area contributed by atoms with Crippen LogP contribution in [0.2, 0.25) is 0 Å². The zero-order chi connectivity index (χ0) is 51.5. The summed E-state index contributed by atoms with van der Waals surface area (Å²) in [6.45, 7) is 24.0. The van der Waals surface area contributed by atoms with Crippen molar-refractivity contribution in [3.63, 3.8) is 0 Å². The number of hydrogen-bond acceptors (Lipinski definition) is 20. The molecule has 400 valence electrons. The van der Waals surface area contributed by atoms with Crippen LogP contribution in [-0.4, -0.2) is 196 Å². The van der Waals surface area contributed by atoms with Crippen molar-refractivity contribution in [2.24, 2.45) is 28.8 Å². The summed E-state index contributed by atoms with van der Waals surface area (Å²) in [4.78, 5) is 22.6. The third kappa shape index (κ3) is 12.0. The Morgan fingerprint density at radius 2 is 1.41 bits per heavy atom. The summed E-state index contributed by atoms with van der Waals surface area (Å²) in [6.07, 6.45) is -13.2. The minimum atomic E-state index is -2.03. The summed E-state index contributed by atoms with van der Waals surface area (Å²) in [6, 6.07) is -0.356. The van der Waals surface area contributed by atoms with Crippen LogP contribution in [-0.2, 0) is 61.7 Å². The van der Waals surface area contributed by atoms with Crippen LogP contribution in [0.4, 0.5) is 0 Å². The minimum absolute atomic E-state index is 0.0753. The molecule has 0 radical (unpaired) electrons. The average Bonchev–Trinajstić information content (AvgIpc) is 3.76. The molecule has 0 aromatic heterocycles. The number of ether oxygens (including phenoxy) is 11. The van der Waals surface area contributed by atoms with Crippen LogP contribution in [0.25, 0.3) is 0 Å². The summed E-state index contributed by atoms with van der Waals surface area (Å²) in [5.74, 6) is -6.28. The number of likely N-dealkylation sites (N-methyl/N-ethyl adjacent to an activating group) is 1. The first kappa shape index (κ1) is 56.6. The Hall–Kier alpha value is -1.70. The third-order valence-electron chi connectivity index (χ3n) is 15.5. The first-order valence-electron chi connectivity index (χ1n) is 25.0. The van der Waals surface area contributed by atoms with E-state index >= 15 is 0 Å². The van der Waals surface area contributed by atoms with E-state index in [4.69, 9.17) is 56.9 Å². The number of aliphatic hydroxyl groups is 5. The Labute approximate surface area is 408 Å². The number of fused-ring (bicyclic) bond motifs is 3. The van der Waals surface area contributed by atoms with Crippen molar-refractivity contribution in [2.75, 3.05) is 27.8 Å². The molecule has 0 bridgehead atoms. The van der Waals surface area contributed by atoms with Gasteiger partial charge >= 0.3 is 5.97 Å². The highest BCUT2D eigenvalue weighted by Crippen LogP contribution is 2.45. The minimum Gasteiger partial charge on any atom is -0.459 e. The molecule has 6 aliphatic rings. The number of methoxy groups -OCH3 is 1. The van der Waals surface area contributed by atoms with E-state index in [0.29, 0.717) is 6.42 Å². The number of oxime groups is 1. The molecule has 5 N–H and O–H groups in total. The van der Waals surface area contributed by atoms with Crippen LogP contribution in [0.5, 0.6) is 0 Å². The molecule has 0 aromatic rings. The van der Waals surface area contributed by atoms with Gasteiger partial charge in [-0.05, 0) is 103 Å². The monoisotopic (exact) mass is 991 g/mol. The molecule has 0 unspecified atom stereocenters. The van der Waals surface area contributed by atoms with Crippen LogP contribution in [0.3, 0.4) is 0 Å². The second kappa shape index (κ2) is 21.3. The number of aliphatic hydroxyl groups excluding tert-OH is 3. The summed E-state index contributed by atoms with van der Waals surface area (Å²) >= 11 is 0. The van der Waals surface area contributed by atoms with Gasteiger partial charge in [-0.15, -0.1) is 0 Å². The fourth-order valence-corrected chi connectivity index (χ4v) is 11.6. The Morgan fingerprint density at radius 3 is 2.03 bits per heavy atom. The van der Waals surface area contributed by atoms with Crippen molar-refractivity contribution < 1.29 is 87.3 Å². The summed E-state index contributed by atoms with van der Waals surface area (Å²) in [5.41, 5.74) is -4.68. The fourth-order valence-electron chi connectivity index (χ4n) is 11.6. The predicted octanol–water partition coefficient (Wildman–Crippen LogP) is 2.99. The molecular formula is C49H86N2O18. The highest BCUT2D eigenvalue weighted by Gasteiger charge is 2.61. The van der Waals surface area contributed by atoms with Gasteiger partial charge in [0.2, 0.25) is 0 Å². The van der Waals surface area contributed by atoms with E-state index in [1.54, 1.807) is 76.2 Å². The smallest absolute Gasteiger partial charge is 0.311 e. The molecule has 20 nitrogen and oxygen atoms in total. The maximum atomic E-state index is 14.6. The molecule has 6 heterocycles. The largest absolute Gasteiger partial charge is 0.459 e. The molecule has 0 spiro atoms. The van der Waals surface area contributed by atoms with Crippen molar-refractivity contribution in [3.8, 4) is 0 Å². The second-order valence-electron chi connectivity index (χ2n) is 22.6. The summed E-state index contributed by atoms with van der Waals surface area (Å²) in [7, 11) is 5.21. The lowest BCUT2D eigenvalue weighted by Gasteiger charge is -2.49. The Kier molecular flexibility index (Phi) is 17.4. The number of rotatable bonds is 10. The lowest BCUT2D eigenvalue weighted by atomic mass is 9.73. The Morgan fingerprint density at radius 1 is 0.783 bits per heavy atom. The number of carbonyl (C=O) groups is 1. The van der Waals surface area contributed by atoms with Gasteiger partial charge in [0.1, 0.15) is 54.9 Å². The first-order chi connectivity index (χ1) is 31.9. The molecule has 0 amide bonds. The van der Waals surface area contributed by atoms with E-state index in [1.807, 2.05) is 32.8 Å². The van der Waals surface area contributed by atoms with Crippen molar-refractivity contribution in [2.45, 2.75) is 249 Å². The van der Waals surface area contributed by atoms with Gasteiger partial charge in [0.25, 0.3) is 0 Å². The number of hydrogen-bond donors (Lipinski definition) is 5. The van der Waals surface area contributed by atoms with Gasteiger partial charge in [0.15, 0.2) is 30.4 Å². The first-order valence-corrected chi connectivity index (χ1v) is 25.0. The average molecular weight is 991 g/mol. The van der Waals surface area contributed by atoms with E-state index in [1.165, 1.54) is 14.0 Å². The zero-order valence-electron chi connectivity index (χ0n) is 44.0. The van der Waals surface area contributed by atoms with Crippen molar-refractivity contribution in [1.29, 1.82) is 0 Å². The van der Waals surface area contributed by atoms with Gasteiger partial charge in [-0.2, -0.15) is 0 Å². The molecule has 23 atom stereocenters. The number of nitrogens with zero attached hydrogens (tertiary/aromatic N) is 2. The van der Waals surface area contributed by atoms with Crippen LogP contribution in [0, 0.1) is 23.7 Å². The van der Waals surface area contributed by atoms with Crippen LogP contribution in [0.1, 0.15) is 123 Å². The molecule has 0 aromatic carbocycles. The van der Waals surface area contributed by atoms with E-state index in [9.17, 15) is 30.3 Å². The van der Waals surface area contributed by atoms with Crippen LogP contribution in [0.15, 0.2) is 5.16 Å². The van der Waals surface area contributed by atoms with Crippen LogP contribution >= 0.6 is 0 Å². The fraction of sp³-hybridized carbons (Fsp3) is 0.959. The topological polar surface area (TPSA) is 245 Å². The normalized spacial score (nSPS) is 50.3. The van der Waals surface area contributed by atoms with Crippen molar-refractivity contribution in [3.05, 3.63) is 0 Å². The molecular weight excluding hydrogens is 905 g/mol. The van der Waals surface area contributed by atoms with Crippen molar-refractivity contribution >= 4 is 11.7 Å². The summed E-state index contributed by atoms with van der Waals surface area (Å²) < 4.78 is 69.3. The van der Waals surface area contributed by atoms with E-state index < -0.39 is 144 Å². The number of carbonyl (C=O) groups excluding carboxylic acids is 1. The zero-order valence-corrected chi connectivity index (χ0v) is 44.0. The van der Waals surface area contributed by atoms with Gasteiger partial charge in [-0.25, -0.2) is 0 Å². The SMILES string of the molecule is CC[C@@H]1OC(=O)[C@H](C)[C@@H](O[C@H]2C[C@@](C)(OC)[C@@H](O)[C@H](C)O2)[C@H](C)[C@@H](O[C@@H]2O[C@H](C)C[C@H](N(C)C)[C@H]2O)[C@@](C)(O)C[C@@H](C)/C(=N\OC[C@H]2O[C@@H]3OC(C)(C)O[C@@H]3[C@H]3OC(C)(C)O[C@H]32)[C@H](C)[C@@H](O)[C@]1(C)O. The molecule has 6 aliphatic heterocycles.